The molecule has 4 rings (SSSR count). The molecule has 182 valence electrons. The first kappa shape index (κ1) is 24.6. The number of pyridine rings is 1. The maximum absolute atomic E-state index is 13.3. The lowest BCUT2D eigenvalue weighted by Gasteiger charge is -2.19. The highest BCUT2D eigenvalue weighted by atomic mass is 32.2. The summed E-state index contributed by atoms with van der Waals surface area (Å²) in [5.41, 5.74) is 1.38. The first-order valence-corrected chi connectivity index (χ1v) is 13.4. The van der Waals surface area contributed by atoms with Crippen molar-refractivity contribution < 1.29 is 22.7 Å². The maximum Gasteiger partial charge on any atom is 0.229 e. The van der Waals surface area contributed by atoms with Crippen LogP contribution in [0.5, 0.6) is 11.5 Å². The van der Waals surface area contributed by atoms with Gasteiger partial charge in [-0.15, -0.1) is 0 Å². The summed E-state index contributed by atoms with van der Waals surface area (Å²) < 4.78 is 36.9. The van der Waals surface area contributed by atoms with Crippen LogP contribution < -0.4 is 14.4 Å². The van der Waals surface area contributed by atoms with E-state index < -0.39 is 9.84 Å². The van der Waals surface area contributed by atoms with E-state index in [2.05, 4.69) is 9.97 Å². The first-order valence-electron chi connectivity index (χ1n) is 10.9. The molecule has 0 N–H and O–H groups in total. The lowest BCUT2D eigenvalue weighted by atomic mass is 10.2. The van der Waals surface area contributed by atoms with Gasteiger partial charge in [0.1, 0.15) is 17.0 Å². The third-order valence-corrected chi connectivity index (χ3v) is 8.25. The van der Waals surface area contributed by atoms with Crippen molar-refractivity contribution in [3.63, 3.8) is 0 Å². The van der Waals surface area contributed by atoms with Crippen LogP contribution in [0.25, 0.3) is 10.2 Å². The molecule has 0 radical (unpaired) electrons. The fourth-order valence-corrected chi connectivity index (χ4v) is 5.87. The summed E-state index contributed by atoms with van der Waals surface area (Å²) in [6, 6.07) is 17.3. The third kappa shape index (κ3) is 5.77. The number of rotatable bonds is 10. The molecule has 2 heterocycles. The number of ether oxygens (including phenoxy) is 2. The van der Waals surface area contributed by atoms with Crippen molar-refractivity contribution in [2.24, 2.45) is 0 Å². The number of methoxy groups -OCH3 is 2. The van der Waals surface area contributed by atoms with E-state index in [0.717, 1.165) is 4.70 Å². The number of thiazole rings is 1. The SMILES string of the molecule is COc1ccc(S(=O)(=O)CCCC(=O)N(Cc2ccccn2)c2nc3c(OC)cccc3s2)cc1. The average Bonchev–Trinajstić information content (AvgIpc) is 3.32. The van der Waals surface area contributed by atoms with E-state index in [4.69, 9.17) is 9.47 Å². The standard InChI is InChI=1S/C25H25N3O5S2/c1-32-19-11-13-20(14-12-19)35(30,31)16-6-10-23(29)28(17-18-7-3-4-15-26-18)25-27-24-21(33-2)8-5-9-22(24)34-25/h3-5,7-9,11-15H,6,10,16-17H2,1-2H3. The molecule has 0 aliphatic heterocycles. The van der Waals surface area contributed by atoms with Crippen LogP contribution in [-0.4, -0.2) is 44.3 Å². The Labute approximate surface area is 208 Å². The fourth-order valence-electron chi connectivity index (χ4n) is 3.56. The number of anilines is 1. The monoisotopic (exact) mass is 511 g/mol. The van der Waals surface area contributed by atoms with Crippen molar-refractivity contribution in [3.8, 4) is 11.5 Å². The smallest absolute Gasteiger partial charge is 0.229 e. The molecule has 0 aliphatic rings. The second-order valence-electron chi connectivity index (χ2n) is 7.70. The minimum Gasteiger partial charge on any atom is -0.497 e. The van der Waals surface area contributed by atoms with Gasteiger partial charge in [-0.25, -0.2) is 13.4 Å². The number of fused-ring (bicyclic) bond motifs is 1. The Hall–Kier alpha value is -3.50. The van der Waals surface area contributed by atoms with E-state index in [0.29, 0.717) is 27.8 Å². The zero-order valence-electron chi connectivity index (χ0n) is 19.4. The molecule has 0 spiro atoms. The Morgan fingerprint density at radius 2 is 1.80 bits per heavy atom. The number of carbonyl (C=O) groups excluding carboxylic acids is 1. The molecular weight excluding hydrogens is 486 g/mol. The molecule has 0 unspecified atom stereocenters. The van der Waals surface area contributed by atoms with Crippen LogP contribution in [-0.2, 0) is 21.2 Å². The molecule has 0 saturated heterocycles. The molecule has 8 nitrogen and oxygen atoms in total. The number of hydrogen-bond donors (Lipinski definition) is 0. The summed E-state index contributed by atoms with van der Waals surface area (Å²) in [6.45, 7) is 0.229. The van der Waals surface area contributed by atoms with Gasteiger partial charge in [-0.05, 0) is 55.0 Å². The number of aromatic nitrogens is 2. The van der Waals surface area contributed by atoms with E-state index in [-0.39, 0.29) is 35.9 Å². The van der Waals surface area contributed by atoms with Gasteiger partial charge in [0.2, 0.25) is 5.91 Å². The molecular formula is C25H25N3O5S2. The maximum atomic E-state index is 13.3. The number of para-hydroxylation sites is 1. The second-order valence-corrected chi connectivity index (χ2v) is 10.8. The number of benzene rings is 2. The van der Waals surface area contributed by atoms with Crippen LogP contribution in [0.2, 0.25) is 0 Å². The molecule has 0 fully saturated rings. The predicted octanol–water partition coefficient (Wildman–Crippen LogP) is 4.50. The molecule has 0 aliphatic carbocycles. The number of sulfone groups is 1. The van der Waals surface area contributed by atoms with Gasteiger partial charge in [0.15, 0.2) is 15.0 Å². The summed E-state index contributed by atoms with van der Waals surface area (Å²) in [6.07, 6.45) is 1.90. The molecule has 0 saturated carbocycles. The summed E-state index contributed by atoms with van der Waals surface area (Å²) >= 11 is 1.38. The van der Waals surface area contributed by atoms with E-state index in [1.165, 1.54) is 30.6 Å². The first-order chi connectivity index (χ1) is 16.9. The van der Waals surface area contributed by atoms with Gasteiger partial charge in [-0.2, -0.15) is 0 Å². The summed E-state index contributed by atoms with van der Waals surface area (Å²) in [5.74, 6) is 0.840. The van der Waals surface area contributed by atoms with Gasteiger partial charge >= 0.3 is 0 Å². The van der Waals surface area contributed by atoms with Crippen molar-refractivity contribution >= 4 is 42.4 Å². The lowest BCUT2D eigenvalue weighted by molar-refractivity contribution is -0.118. The van der Waals surface area contributed by atoms with Gasteiger partial charge in [0.25, 0.3) is 0 Å². The van der Waals surface area contributed by atoms with Crippen LogP contribution in [0, 0.1) is 0 Å². The molecule has 35 heavy (non-hydrogen) atoms. The molecule has 2 aromatic carbocycles. The largest absolute Gasteiger partial charge is 0.497 e. The van der Waals surface area contributed by atoms with Crippen molar-refractivity contribution in [1.29, 1.82) is 0 Å². The number of carbonyl (C=O) groups is 1. The molecule has 2 aromatic heterocycles. The number of hydrogen-bond acceptors (Lipinski definition) is 8. The zero-order chi connectivity index (χ0) is 24.8. The van der Waals surface area contributed by atoms with E-state index in [1.54, 1.807) is 30.3 Å². The molecule has 0 bridgehead atoms. The summed E-state index contributed by atoms with van der Waals surface area (Å²) in [7, 11) is -0.429. The van der Waals surface area contributed by atoms with Crippen LogP contribution in [0.15, 0.2) is 71.8 Å². The zero-order valence-corrected chi connectivity index (χ0v) is 21.0. The van der Waals surface area contributed by atoms with Gasteiger partial charge in [0.05, 0.1) is 41.8 Å². The lowest BCUT2D eigenvalue weighted by Crippen LogP contribution is -2.30. The molecule has 0 atom stereocenters. The highest BCUT2D eigenvalue weighted by Crippen LogP contribution is 2.35. The second kappa shape index (κ2) is 10.8. The minimum atomic E-state index is -3.53. The predicted molar refractivity (Wildman–Crippen MR) is 136 cm³/mol. The Morgan fingerprint density at radius 1 is 1.00 bits per heavy atom. The van der Waals surface area contributed by atoms with E-state index in [9.17, 15) is 13.2 Å². The van der Waals surface area contributed by atoms with Crippen LogP contribution in [0.3, 0.4) is 0 Å². The number of amides is 1. The highest BCUT2D eigenvalue weighted by Gasteiger charge is 2.23. The topological polar surface area (TPSA) is 98.7 Å². The molecule has 10 heteroatoms. The average molecular weight is 512 g/mol. The highest BCUT2D eigenvalue weighted by molar-refractivity contribution is 7.91. The molecule has 4 aromatic rings. The van der Waals surface area contributed by atoms with Crippen molar-refractivity contribution in [2.75, 3.05) is 24.9 Å². The number of nitrogens with zero attached hydrogens (tertiary/aromatic N) is 3. The minimum absolute atomic E-state index is 0.0509. The Morgan fingerprint density at radius 3 is 2.49 bits per heavy atom. The Balaban J connectivity index is 1.52. The van der Waals surface area contributed by atoms with Crippen LogP contribution in [0.1, 0.15) is 18.5 Å². The van der Waals surface area contributed by atoms with Crippen molar-refractivity contribution in [2.45, 2.75) is 24.3 Å². The van der Waals surface area contributed by atoms with Gasteiger partial charge in [-0.3, -0.25) is 14.7 Å². The Kier molecular flexibility index (Phi) is 7.62. The quantitative estimate of drug-likeness (QED) is 0.309. The fraction of sp³-hybridized carbons (Fsp3) is 0.240. The molecule has 1 amide bonds. The van der Waals surface area contributed by atoms with Crippen LogP contribution in [0.4, 0.5) is 5.13 Å². The van der Waals surface area contributed by atoms with E-state index >= 15 is 0 Å². The Bertz CT molecular complexity index is 1400. The van der Waals surface area contributed by atoms with Gasteiger partial charge in [0, 0.05) is 12.6 Å². The van der Waals surface area contributed by atoms with Crippen molar-refractivity contribution in [1.82, 2.24) is 9.97 Å². The normalized spacial score (nSPS) is 11.4. The van der Waals surface area contributed by atoms with Crippen molar-refractivity contribution in [3.05, 3.63) is 72.6 Å². The summed E-state index contributed by atoms with van der Waals surface area (Å²) in [4.78, 5) is 24.1. The van der Waals surface area contributed by atoms with Gasteiger partial charge < -0.3 is 9.47 Å². The summed E-state index contributed by atoms with van der Waals surface area (Å²) in [5, 5.41) is 0.512. The van der Waals surface area contributed by atoms with E-state index in [1.807, 2.05) is 36.4 Å². The van der Waals surface area contributed by atoms with Crippen LogP contribution >= 0.6 is 11.3 Å². The van der Waals surface area contributed by atoms with Gasteiger partial charge in [-0.1, -0.05) is 23.5 Å². The third-order valence-electron chi connectivity index (χ3n) is 5.39.